The molecule has 5 nitrogen and oxygen atoms in total. The van der Waals surface area contributed by atoms with Gasteiger partial charge < -0.3 is 9.64 Å². The molecule has 2 heterocycles. The zero-order valence-electron chi connectivity index (χ0n) is 10.6. The molecule has 19 heavy (non-hydrogen) atoms. The molecule has 0 bridgehead atoms. The highest BCUT2D eigenvalue weighted by molar-refractivity contribution is 6.18. The lowest BCUT2D eigenvalue weighted by Crippen LogP contribution is -2.27. The van der Waals surface area contributed by atoms with Gasteiger partial charge in [-0.15, -0.1) is 11.6 Å². The van der Waals surface area contributed by atoms with Gasteiger partial charge in [-0.05, 0) is 25.0 Å². The number of carbonyl (C=O) groups excluding carboxylic acids is 2. The van der Waals surface area contributed by atoms with Gasteiger partial charge in [0, 0.05) is 25.0 Å². The Morgan fingerprint density at radius 3 is 3.05 bits per heavy atom. The summed E-state index contributed by atoms with van der Waals surface area (Å²) < 4.78 is 4.95. The average Bonchev–Trinajstić information content (AvgIpc) is 2.80. The summed E-state index contributed by atoms with van der Waals surface area (Å²) in [5.41, 5.74) is 0.673. The largest absolute Gasteiger partial charge is 0.461 e. The van der Waals surface area contributed by atoms with Crippen molar-refractivity contribution in [1.29, 1.82) is 0 Å². The summed E-state index contributed by atoms with van der Waals surface area (Å²) in [7, 11) is 0. The number of nitrogens with zero attached hydrogens (tertiary/aromatic N) is 2. The molecule has 1 saturated heterocycles. The first-order chi connectivity index (χ1) is 9.17. The number of anilines is 1. The van der Waals surface area contributed by atoms with Crippen molar-refractivity contribution in [3.8, 4) is 0 Å². The third kappa shape index (κ3) is 2.87. The number of rotatable bonds is 4. The highest BCUT2D eigenvalue weighted by Crippen LogP contribution is 2.28. The first-order valence-corrected chi connectivity index (χ1v) is 6.69. The van der Waals surface area contributed by atoms with Crippen LogP contribution in [-0.2, 0) is 9.53 Å². The van der Waals surface area contributed by atoms with Crippen molar-refractivity contribution in [2.24, 2.45) is 5.92 Å². The van der Waals surface area contributed by atoms with E-state index in [0.29, 0.717) is 24.5 Å². The molecular weight excluding hydrogens is 268 g/mol. The van der Waals surface area contributed by atoms with Gasteiger partial charge in [-0.25, -0.2) is 9.78 Å². The van der Waals surface area contributed by atoms with Gasteiger partial charge in [-0.1, -0.05) is 0 Å². The number of carbonyl (C=O) groups is 2. The number of ether oxygens (including phenoxy) is 1. The molecule has 1 fully saturated rings. The quantitative estimate of drug-likeness (QED) is 0.625. The Morgan fingerprint density at radius 1 is 1.63 bits per heavy atom. The number of hydrogen-bond donors (Lipinski definition) is 0. The van der Waals surface area contributed by atoms with Gasteiger partial charge in [0.1, 0.15) is 0 Å². The van der Waals surface area contributed by atoms with Crippen molar-refractivity contribution in [3.63, 3.8) is 0 Å². The fraction of sp³-hybridized carbons (Fsp3) is 0.462. The Morgan fingerprint density at radius 2 is 2.42 bits per heavy atom. The molecule has 0 spiro atoms. The maximum Gasteiger partial charge on any atom is 0.359 e. The van der Waals surface area contributed by atoms with Crippen molar-refractivity contribution in [2.75, 3.05) is 23.9 Å². The molecular formula is C13H15ClN2O3. The zero-order valence-corrected chi connectivity index (χ0v) is 11.4. The van der Waals surface area contributed by atoms with Gasteiger partial charge >= 0.3 is 5.97 Å². The average molecular weight is 283 g/mol. The molecule has 0 aliphatic carbocycles. The topological polar surface area (TPSA) is 59.5 Å². The standard InChI is InChI=1S/C13H15ClN2O3/c1-2-19-13(18)12-10(4-3-5-15-12)16-8-9(7-14)6-11(16)17/h3-5,9H,2,6-8H2,1H3. The van der Waals surface area contributed by atoms with Crippen LogP contribution in [0.3, 0.4) is 0 Å². The van der Waals surface area contributed by atoms with Gasteiger partial charge in [0.15, 0.2) is 5.69 Å². The van der Waals surface area contributed by atoms with Crippen LogP contribution in [0.5, 0.6) is 0 Å². The van der Waals surface area contributed by atoms with E-state index in [2.05, 4.69) is 4.98 Å². The Kier molecular flexibility index (Phi) is 4.37. The first kappa shape index (κ1) is 13.8. The normalized spacial score (nSPS) is 18.7. The highest BCUT2D eigenvalue weighted by Gasteiger charge is 2.32. The summed E-state index contributed by atoms with van der Waals surface area (Å²) in [6, 6.07) is 3.40. The summed E-state index contributed by atoms with van der Waals surface area (Å²) in [6.07, 6.45) is 1.91. The molecule has 0 aromatic carbocycles. The fourth-order valence-electron chi connectivity index (χ4n) is 2.09. The van der Waals surface area contributed by atoms with E-state index in [1.54, 1.807) is 24.0 Å². The van der Waals surface area contributed by atoms with E-state index < -0.39 is 5.97 Å². The monoisotopic (exact) mass is 282 g/mol. The van der Waals surface area contributed by atoms with E-state index in [9.17, 15) is 9.59 Å². The Bertz CT molecular complexity index is 493. The van der Waals surface area contributed by atoms with Crippen LogP contribution >= 0.6 is 11.6 Å². The third-order valence-corrected chi connectivity index (χ3v) is 3.41. The maximum atomic E-state index is 12.0. The molecule has 1 amide bonds. The second-order valence-electron chi connectivity index (χ2n) is 4.32. The van der Waals surface area contributed by atoms with Crippen LogP contribution in [0.15, 0.2) is 18.3 Å². The molecule has 0 saturated carbocycles. The van der Waals surface area contributed by atoms with E-state index in [4.69, 9.17) is 16.3 Å². The highest BCUT2D eigenvalue weighted by atomic mass is 35.5. The number of alkyl halides is 1. The van der Waals surface area contributed by atoms with Gasteiger partial charge in [-0.3, -0.25) is 4.79 Å². The smallest absolute Gasteiger partial charge is 0.359 e. The third-order valence-electron chi connectivity index (χ3n) is 2.97. The lowest BCUT2D eigenvalue weighted by molar-refractivity contribution is -0.117. The summed E-state index contributed by atoms with van der Waals surface area (Å²) in [5.74, 6) is -0.00844. The van der Waals surface area contributed by atoms with Gasteiger partial charge in [-0.2, -0.15) is 0 Å². The minimum atomic E-state index is -0.514. The maximum absolute atomic E-state index is 12.0. The number of esters is 1. The Labute approximate surface area is 116 Å². The summed E-state index contributed by atoms with van der Waals surface area (Å²) in [4.78, 5) is 29.4. The summed E-state index contributed by atoms with van der Waals surface area (Å²) in [5, 5.41) is 0. The van der Waals surface area contributed by atoms with Gasteiger partial charge in [0.05, 0.1) is 12.3 Å². The number of pyridine rings is 1. The molecule has 102 valence electrons. The minimum absolute atomic E-state index is 0.0378. The van der Waals surface area contributed by atoms with Crippen molar-refractivity contribution in [3.05, 3.63) is 24.0 Å². The van der Waals surface area contributed by atoms with Gasteiger partial charge in [0.2, 0.25) is 5.91 Å². The number of amides is 1. The number of hydrogen-bond acceptors (Lipinski definition) is 4. The molecule has 1 atom stereocenters. The van der Waals surface area contributed by atoms with Crippen LogP contribution in [0.25, 0.3) is 0 Å². The van der Waals surface area contributed by atoms with E-state index in [1.807, 2.05) is 0 Å². The molecule has 0 N–H and O–H groups in total. The Hall–Kier alpha value is -1.62. The van der Waals surface area contributed by atoms with Crippen LogP contribution in [-0.4, -0.2) is 35.9 Å². The molecule has 0 radical (unpaired) electrons. The van der Waals surface area contributed by atoms with Crippen molar-refractivity contribution < 1.29 is 14.3 Å². The van der Waals surface area contributed by atoms with Crippen LogP contribution in [0.2, 0.25) is 0 Å². The molecule has 1 aromatic rings. The Balaban J connectivity index is 2.30. The molecule has 6 heteroatoms. The number of halogens is 1. The molecule has 2 rings (SSSR count). The van der Waals surface area contributed by atoms with E-state index in [-0.39, 0.29) is 24.1 Å². The predicted molar refractivity (Wildman–Crippen MR) is 71.4 cm³/mol. The van der Waals surface area contributed by atoms with Crippen LogP contribution in [0, 0.1) is 5.92 Å². The zero-order chi connectivity index (χ0) is 13.8. The lowest BCUT2D eigenvalue weighted by atomic mass is 10.1. The van der Waals surface area contributed by atoms with Crippen LogP contribution in [0.4, 0.5) is 5.69 Å². The van der Waals surface area contributed by atoms with Crippen molar-refractivity contribution in [2.45, 2.75) is 13.3 Å². The van der Waals surface area contributed by atoms with E-state index in [1.165, 1.54) is 6.20 Å². The van der Waals surface area contributed by atoms with Gasteiger partial charge in [0.25, 0.3) is 0 Å². The predicted octanol–water partition coefficient (Wildman–Crippen LogP) is 1.85. The van der Waals surface area contributed by atoms with Crippen LogP contribution < -0.4 is 4.90 Å². The first-order valence-electron chi connectivity index (χ1n) is 6.15. The molecule has 1 aromatic heterocycles. The number of aromatic nitrogens is 1. The molecule has 1 unspecified atom stereocenters. The SMILES string of the molecule is CCOC(=O)c1ncccc1N1CC(CCl)CC1=O. The van der Waals surface area contributed by atoms with E-state index >= 15 is 0 Å². The molecule has 1 aliphatic heterocycles. The van der Waals surface area contributed by atoms with Crippen molar-refractivity contribution in [1.82, 2.24) is 4.98 Å². The molecule has 1 aliphatic rings. The minimum Gasteiger partial charge on any atom is -0.461 e. The second-order valence-corrected chi connectivity index (χ2v) is 4.63. The second kappa shape index (κ2) is 6.02. The lowest BCUT2D eigenvalue weighted by Gasteiger charge is -2.18. The van der Waals surface area contributed by atoms with Crippen LogP contribution in [0.1, 0.15) is 23.8 Å². The summed E-state index contributed by atoms with van der Waals surface area (Å²) >= 11 is 5.79. The van der Waals surface area contributed by atoms with E-state index in [0.717, 1.165) is 0 Å². The summed E-state index contributed by atoms with van der Waals surface area (Å²) in [6.45, 7) is 2.51. The van der Waals surface area contributed by atoms with Crippen molar-refractivity contribution >= 4 is 29.2 Å². The fourth-order valence-corrected chi connectivity index (χ4v) is 2.30.